The van der Waals surface area contributed by atoms with E-state index >= 15 is 0 Å². The summed E-state index contributed by atoms with van der Waals surface area (Å²) < 4.78 is 12.4. The molecule has 2 aromatic rings. The molecule has 2 heterocycles. The second-order valence-corrected chi connectivity index (χ2v) is 6.73. The molecule has 2 N–H and O–H groups in total. The van der Waals surface area contributed by atoms with Gasteiger partial charge in [0.1, 0.15) is 0 Å². The van der Waals surface area contributed by atoms with Crippen LogP contribution in [0.4, 0.5) is 5.95 Å². The van der Waals surface area contributed by atoms with Crippen molar-refractivity contribution < 1.29 is 14.3 Å². The Kier molecular flexibility index (Phi) is 7.91. The number of halogens is 2. The lowest BCUT2D eigenvalue weighted by atomic mass is 9.98. The monoisotopic (exact) mass is 429 g/mol. The van der Waals surface area contributed by atoms with Crippen molar-refractivity contribution in [2.24, 2.45) is 7.05 Å². The minimum atomic E-state index is -0.342. The number of piperidine rings is 1. The first-order valence-corrected chi connectivity index (χ1v) is 9.34. The number of nitrogens with one attached hydrogen (secondary N) is 2. The third kappa shape index (κ3) is 4.87. The van der Waals surface area contributed by atoms with Crippen molar-refractivity contribution in [1.29, 1.82) is 0 Å². The summed E-state index contributed by atoms with van der Waals surface area (Å²) in [5.74, 6) is 1.95. The van der Waals surface area contributed by atoms with E-state index in [2.05, 4.69) is 20.7 Å². The predicted molar refractivity (Wildman–Crippen MR) is 110 cm³/mol. The van der Waals surface area contributed by atoms with Crippen molar-refractivity contribution in [3.63, 3.8) is 0 Å². The lowest BCUT2D eigenvalue weighted by Crippen LogP contribution is -2.27. The van der Waals surface area contributed by atoms with Crippen molar-refractivity contribution in [3.05, 3.63) is 28.5 Å². The Bertz CT molecular complexity index is 822. The van der Waals surface area contributed by atoms with Crippen LogP contribution >= 0.6 is 24.0 Å². The molecular weight excluding hydrogens is 405 g/mol. The average molecular weight is 430 g/mol. The molecule has 154 valence electrons. The first-order chi connectivity index (χ1) is 13.0. The lowest BCUT2D eigenvalue weighted by Gasteiger charge is -2.19. The summed E-state index contributed by atoms with van der Waals surface area (Å²) in [6, 6.07) is 3.14. The summed E-state index contributed by atoms with van der Waals surface area (Å²) in [5.41, 5.74) is 0.353. The van der Waals surface area contributed by atoms with E-state index in [0.29, 0.717) is 40.6 Å². The number of ether oxygens (including phenoxy) is 2. The number of amides is 1. The Morgan fingerprint density at radius 2 is 2.11 bits per heavy atom. The standard InChI is InChI=1S/C18H24ClN5O3.ClH/c1-4-27-15-13(19)9-12(10-14(15)26-3)17(25)22-18-21-16(23-24(18)2)11-5-7-20-8-6-11;/h9-11,20H,4-8H2,1-3H3,(H,21,22,23,25);1H. The van der Waals surface area contributed by atoms with Gasteiger partial charge in [-0.05, 0) is 45.0 Å². The Morgan fingerprint density at radius 3 is 2.75 bits per heavy atom. The van der Waals surface area contributed by atoms with Crippen molar-refractivity contribution in [1.82, 2.24) is 20.1 Å². The molecule has 0 saturated carbocycles. The molecule has 0 unspecified atom stereocenters. The van der Waals surface area contributed by atoms with E-state index < -0.39 is 0 Å². The van der Waals surface area contributed by atoms with Crippen LogP contribution in [0.15, 0.2) is 12.1 Å². The van der Waals surface area contributed by atoms with E-state index in [-0.39, 0.29) is 18.3 Å². The van der Waals surface area contributed by atoms with Gasteiger partial charge in [-0.25, -0.2) is 4.68 Å². The summed E-state index contributed by atoms with van der Waals surface area (Å²) >= 11 is 6.25. The highest BCUT2D eigenvalue weighted by Crippen LogP contribution is 2.36. The van der Waals surface area contributed by atoms with E-state index in [9.17, 15) is 4.79 Å². The van der Waals surface area contributed by atoms with E-state index in [1.807, 2.05) is 6.92 Å². The molecular formula is C18H25Cl2N5O3. The van der Waals surface area contributed by atoms with Gasteiger partial charge in [-0.1, -0.05) is 11.6 Å². The highest BCUT2D eigenvalue weighted by molar-refractivity contribution is 6.32. The van der Waals surface area contributed by atoms with E-state index in [1.54, 1.807) is 23.9 Å². The van der Waals surface area contributed by atoms with Crippen LogP contribution in [0.3, 0.4) is 0 Å². The van der Waals surface area contributed by atoms with Gasteiger partial charge in [0, 0.05) is 18.5 Å². The van der Waals surface area contributed by atoms with Gasteiger partial charge in [0.25, 0.3) is 5.91 Å². The lowest BCUT2D eigenvalue weighted by molar-refractivity contribution is 0.102. The zero-order valence-corrected chi connectivity index (χ0v) is 17.7. The molecule has 3 rings (SSSR count). The molecule has 28 heavy (non-hydrogen) atoms. The quantitative estimate of drug-likeness (QED) is 0.733. The number of hydrogen-bond acceptors (Lipinski definition) is 6. The molecule has 1 saturated heterocycles. The first-order valence-electron chi connectivity index (χ1n) is 8.96. The summed E-state index contributed by atoms with van der Waals surface area (Å²) in [5, 5.41) is 10.9. The number of hydrogen-bond donors (Lipinski definition) is 2. The first kappa shape index (κ1) is 22.3. The number of anilines is 1. The number of aryl methyl sites for hydroxylation is 1. The van der Waals surface area contributed by atoms with Crippen LogP contribution in [0.25, 0.3) is 0 Å². The van der Waals surface area contributed by atoms with Crippen molar-refractivity contribution in [2.45, 2.75) is 25.7 Å². The fraction of sp³-hybridized carbons (Fsp3) is 0.500. The SMILES string of the molecule is CCOc1c(Cl)cc(C(=O)Nc2nc(C3CCNCC3)nn2C)cc1OC.Cl. The van der Waals surface area contributed by atoms with Gasteiger partial charge in [-0.3, -0.25) is 10.1 Å². The molecule has 1 aromatic heterocycles. The van der Waals surface area contributed by atoms with Gasteiger partial charge in [0.2, 0.25) is 5.95 Å². The fourth-order valence-corrected chi connectivity index (χ4v) is 3.34. The normalized spacial score (nSPS) is 14.3. The molecule has 10 heteroatoms. The summed E-state index contributed by atoms with van der Waals surface area (Å²) in [6.45, 7) is 4.20. The Hall–Kier alpha value is -2.03. The number of nitrogens with zero attached hydrogens (tertiary/aromatic N) is 3. The second kappa shape index (κ2) is 9.95. The van der Waals surface area contributed by atoms with E-state index in [0.717, 1.165) is 31.8 Å². The van der Waals surface area contributed by atoms with Crippen molar-refractivity contribution in [3.8, 4) is 11.5 Å². The smallest absolute Gasteiger partial charge is 0.258 e. The third-order valence-electron chi connectivity index (χ3n) is 4.49. The molecule has 0 bridgehead atoms. The molecule has 1 fully saturated rings. The molecule has 0 spiro atoms. The summed E-state index contributed by atoms with van der Waals surface area (Å²) in [4.78, 5) is 17.2. The number of carbonyl (C=O) groups excluding carboxylic acids is 1. The fourth-order valence-electron chi connectivity index (χ4n) is 3.08. The Morgan fingerprint density at radius 1 is 1.39 bits per heavy atom. The van der Waals surface area contributed by atoms with Crippen LogP contribution in [-0.2, 0) is 7.05 Å². The van der Waals surface area contributed by atoms with Crippen LogP contribution in [0.2, 0.25) is 5.02 Å². The molecule has 8 nitrogen and oxygen atoms in total. The third-order valence-corrected chi connectivity index (χ3v) is 4.77. The van der Waals surface area contributed by atoms with Gasteiger partial charge in [0.15, 0.2) is 17.3 Å². The highest BCUT2D eigenvalue weighted by atomic mass is 35.5. The number of rotatable bonds is 6. The summed E-state index contributed by atoms with van der Waals surface area (Å²) in [7, 11) is 3.27. The average Bonchev–Trinajstić information content (AvgIpc) is 3.04. The molecule has 0 atom stereocenters. The van der Waals surface area contributed by atoms with Gasteiger partial charge in [-0.15, -0.1) is 12.4 Å². The molecule has 1 aliphatic rings. The largest absolute Gasteiger partial charge is 0.493 e. The predicted octanol–water partition coefficient (Wildman–Crippen LogP) is 3.02. The molecule has 1 aliphatic heterocycles. The Labute approximate surface area is 175 Å². The van der Waals surface area contributed by atoms with E-state index in [4.69, 9.17) is 21.1 Å². The van der Waals surface area contributed by atoms with Crippen LogP contribution in [0, 0.1) is 0 Å². The number of carbonyl (C=O) groups is 1. The van der Waals surface area contributed by atoms with Gasteiger partial charge in [0.05, 0.1) is 18.7 Å². The van der Waals surface area contributed by atoms with Crippen LogP contribution in [-0.4, -0.2) is 47.5 Å². The second-order valence-electron chi connectivity index (χ2n) is 6.32. The maximum absolute atomic E-state index is 12.7. The summed E-state index contributed by atoms with van der Waals surface area (Å²) in [6.07, 6.45) is 1.98. The van der Waals surface area contributed by atoms with Crippen LogP contribution in [0.5, 0.6) is 11.5 Å². The minimum absolute atomic E-state index is 0. The van der Waals surface area contributed by atoms with Crippen LogP contribution < -0.4 is 20.1 Å². The zero-order chi connectivity index (χ0) is 19.4. The number of benzene rings is 1. The van der Waals surface area contributed by atoms with Gasteiger partial charge >= 0.3 is 0 Å². The minimum Gasteiger partial charge on any atom is -0.493 e. The number of methoxy groups -OCH3 is 1. The molecule has 0 aliphatic carbocycles. The van der Waals surface area contributed by atoms with Gasteiger partial charge in [-0.2, -0.15) is 10.1 Å². The molecule has 1 aromatic carbocycles. The Balaban J connectivity index is 0.00000280. The van der Waals surface area contributed by atoms with Crippen molar-refractivity contribution in [2.75, 3.05) is 32.1 Å². The number of aromatic nitrogens is 3. The highest BCUT2D eigenvalue weighted by Gasteiger charge is 2.22. The topological polar surface area (TPSA) is 90.3 Å². The van der Waals surface area contributed by atoms with E-state index in [1.165, 1.54) is 7.11 Å². The maximum atomic E-state index is 12.7. The zero-order valence-electron chi connectivity index (χ0n) is 16.1. The van der Waals surface area contributed by atoms with Crippen molar-refractivity contribution >= 4 is 35.9 Å². The van der Waals surface area contributed by atoms with Gasteiger partial charge < -0.3 is 14.8 Å². The van der Waals surface area contributed by atoms with Crippen LogP contribution in [0.1, 0.15) is 41.9 Å². The molecule has 1 amide bonds. The molecule has 0 radical (unpaired) electrons. The maximum Gasteiger partial charge on any atom is 0.258 e.